The van der Waals surface area contributed by atoms with Gasteiger partial charge in [0.2, 0.25) is 0 Å². The van der Waals surface area contributed by atoms with Crippen molar-refractivity contribution >= 4 is 15.9 Å². The maximum Gasteiger partial charge on any atom is 0.165 e. The fraction of sp³-hybridized carbons (Fsp3) is 0.357. The Hall–Kier alpha value is -1.40. The van der Waals surface area contributed by atoms with Crippen LogP contribution in [-0.4, -0.2) is 16.8 Å². The Balaban J connectivity index is 2.22. The van der Waals surface area contributed by atoms with Crippen LogP contribution in [-0.2, 0) is 20.2 Å². The molecule has 1 N–H and O–H groups in total. The van der Waals surface area contributed by atoms with Gasteiger partial charge in [-0.1, -0.05) is 12.1 Å². The summed E-state index contributed by atoms with van der Waals surface area (Å²) in [6.07, 6.45) is 0. The van der Waals surface area contributed by atoms with Gasteiger partial charge in [-0.25, -0.2) is 4.39 Å². The molecule has 0 aliphatic rings. The standard InChI is InChI=1S/C14H17BrFN3O/c1-9-13(15)12(19(3)18-9)8-20-14-10(7-17-2)5-4-6-11(14)16/h4-6,17H,7-8H2,1-3H3. The van der Waals surface area contributed by atoms with Crippen molar-refractivity contribution in [3.05, 3.63) is 45.4 Å². The molecule has 0 amide bonds. The van der Waals surface area contributed by atoms with E-state index in [1.165, 1.54) is 6.07 Å². The molecule has 2 rings (SSSR count). The zero-order valence-corrected chi connectivity index (χ0v) is 13.3. The molecule has 0 aliphatic carbocycles. The van der Waals surface area contributed by atoms with Crippen molar-refractivity contribution in [2.24, 2.45) is 7.05 Å². The first-order valence-corrected chi connectivity index (χ1v) is 7.06. The third-order valence-electron chi connectivity index (χ3n) is 3.03. The SMILES string of the molecule is CNCc1cccc(F)c1OCc1c(Br)c(C)nn1C. The first-order valence-electron chi connectivity index (χ1n) is 6.27. The predicted octanol–water partition coefficient (Wildman–Crippen LogP) is 2.93. The van der Waals surface area contributed by atoms with E-state index in [1.807, 2.05) is 27.1 Å². The maximum atomic E-state index is 13.9. The topological polar surface area (TPSA) is 39.1 Å². The molecule has 1 heterocycles. The molecule has 0 unspecified atom stereocenters. The molecule has 0 radical (unpaired) electrons. The summed E-state index contributed by atoms with van der Waals surface area (Å²) >= 11 is 3.47. The number of hydrogen-bond donors (Lipinski definition) is 1. The number of nitrogens with one attached hydrogen (secondary N) is 1. The minimum absolute atomic E-state index is 0.259. The van der Waals surface area contributed by atoms with Gasteiger partial charge in [0.05, 0.1) is 15.9 Å². The van der Waals surface area contributed by atoms with Crippen LogP contribution in [0.3, 0.4) is 0 Å². The smallest absolute Gasteiger partial charge is 0.165 e. The van der Waals surface area contributed by atoms with Crippen LogP contribution in [0.2, 0.25) is 0 Å². The first-order chi connectivity index (χ1) is 9.54. The highest BCUT2D eigenvalue weighted by Gasteiger charge is 2.14. The Labute approximate surface area is 126 Å². The second kappa shape index (κ2) is 6.37. The molecule has 0 spiro atoms. The van der Waals surface area contributed by atoms with Gasteiger partial charge in [0, 0.05) is 19.2 Å². The molecule has 4 nitrogen and oxygen atoms in total. The molecule has 0 saturated heterocycles. The minimum atomic E-state index is -0.354. The summed E-state index contributed by atoms with van der Waals surface area (Å²) in [5.41, 5.74) is 2.55. The molecule has 1 aromatic carbocycles. The van der Waals surface area contributed by atoms with Crippen LogP contribution in [0.5, 0.6) is 5.75 Å². The van der Waals surface area contributed by atoms with Gasteiger partial charge in [-0.2, -0.15) is 5.10 Å². The third kappa shape index (κ3) is 3.02. The van der Waals surface area contributed by atoms with Crippen LogP contribution in [0.1, 0.15) is 17.0 Å². The Kier molecular flexibility index (Phi) is 4.77. The number of aromatic nitrogens is 2. The lowest BCUT2D eigenvalue weighted by atomic mass is 10.2. The Morgan fingerprint density at radius 2 is 2.20 bits per heavy atom. The van der Waals surface area contributed by atoms with Gasteiger partial charge >= 0.3 is 0 Å². The predicted molar refractivity (Wildman–Crippen MR) is 79.1 cm³/mol. The molecule has 0 fully saturated rings. The summed E-state index contributed by atoms with van der Waals surface area (Å²) < 4.78 is 22.2. The van der Waals surface area contributed by atoms with E-state index in [4.69, 9.17) is 4.74 Å². The third-order valence-corrected chi connectivity index (χ3v) is 4.06. The molecular weight excluding hydrogens is 325 g/mol. The monoisotopic (exact) mass is 341 g/mol. The number of halogens is 2. The van der Waals surface area contributed by atoms with Crippen LogP contribution >= 0.6 is 15.9 Å². The number of nitrogens with zero attached hydrogens (tertiary/aromatic N) is 2. The molecule has 0 saturated carbocycles. The van der Waals surface area contributed by atoms with Crippen molar-refractivity contribution < 1.29 is 9.13 Å². The van der Waals surface area contributed by atoms with Gasteiger partial charge in [0.1, 0.15) is 6.61 Å². The van der Waals surface area contributed by atoms with Crippen LogP contribution in [0, 0.1) is 12.7 Å². The number of para-hydroxylation sites is 1. The van der Waals surface area contributed by atoms with E-state index >= 15 is 0 Å². The van der Waals surface area contributed by atoms with Gasteiger partial charge < -0.3 is 10.1 Å². The van der Waals surface area contributed by atoms with Crippen LogP contribution in [0.4, 0.5) is 4.39 Å². The van der Waals surface area contributed by atoms with Crippen LogP contribution in [0.25, 0.3) is 0 Å². The highest BCUT2D eigenvalue weighted by atomic mass is 79.9. The number of ether oxygens (including phenoxy) is 1. The lowest BCUT2D eigenvalue weighted by Crippen LogP contribution is -2.10. The van der Waals surface area contributed by atoms with Gasteiger partial charge in [-0.05, 0) is 36.0 Å². The van der Waals surface area contributed by atoms with E-state index < -0.39 is 0 Å². The average Bonchev–Trinajstić information content (AvgIpc) is 2.64. The quantitative estimate of drug-likeness (QED) is 0.908. The number of rotatable bonds is 5. The van der Waals surface area contributed by atoms with Crippen molar-refractivity contribution in [1.82, 2.24) is 15.1 Å². The van der Waals surface area contributed by atoms with E-state index in [2.05, 4.69) is 26.3 Å². The van der Waals surface area contributed by atoms with E-state index in [1.54, 1.807) is 10.7 Å². The highest BCUT2D eigenvalue weighted by Crippen LogP contribution is 2.26. The summed E-state index contributed by atoms with van der Waals surface area (Å²) in [6, 6.07) is 4.93. The van der Waals surface area contributed by atoms with Gasteiger partial charge in [-0.15, -0.1) is 0 Å². The lowest BCUT2D eigenvalue weighted by molar-refractivity contribution is 0.276. The van der Waals surface area contributed by atoms with E-state index in [0.29, 0.717) is 6.54 Å². The minimum Gasteiger partial charge on any atom is -0.484 e. The molecule has 108 valence electrons. The van der Waals surface area contributed by atoms with E-state index in [0.717, 1.165) is 21.4 Å². The Bertz CT molecular complexity index is 613. The molecule has 1 aromatic heterocycles. The zero-order valence-electron chi connectivity index (χ0n) is 11.7. The summed E-state index contributed by atoms with van der Waals surface area (Å²) in [5.74, 6) is -0.0691. The molecular formula is C14H17BrFN3O. The Morgan fingerprint density at radius 1 is 1.45 bits per heavy atom. The van der Waals surface area contributed by atoms with Crippen molar-refractivity contribution in [3.63, 3.8) is 0 Å². The summed E-state index contributed by atoms with van der Waals surface area (Å²) in [6.45, 7) is 2.72. The lowest BCUT2D eigenvalue weighted by Gasteiger charge is -2.12. The number of hydrogen-bond acceptors (Lipinski definition) is 3. The molecule has 0 bridgehead atoms. The van der Waals surface area contributed by atoms with Gasteiger partial charge in [0.15, 0.2) is 11.6 Å². The first kappa shape index (κ1) is 15.0. The maximum absolute atomic E-state index is 13.9. The second-order valence-electron chi connectivity index (χ2n) is 4.52. The fourth-order valence-corrected chi connectivity index (χ4v) is 2.47. The van der Waals surface area contributed by atoms with Crippen molar-refractivity contribution in [2.75, 3.05) is 7.05 Å². The molecule has 6 heteroatoms. The fourth-order valence-electron chi connectivity index (χ4n) is 2.02. The largest absolute Gasteiger partial charge is 0.484 e. The van der Waals surface area contributed by atoms with Crippen molar-refractivity contribution in [3.8, 4) is 5.75 Å². The summed E-state index contributed by atoms with van der Waals surface area (Å²) in [5, 5.41) is 7.29. The second-order valence-corrected chi connectivity index (χ2v) is 5.31. The van der Waals surface area contributed by atoms with Gasteiger partial charge in [0.25, 0.3) is 0 Å². The average molecular weight is 342 g/mol. The van der Waals surface area contributed by atoms with Crippen molar-refractivity contribution in [2.45, 2.75) is 20.1 Å². The number of benzene rings is 1. The van der Waals surface area contributed by atoms with Crippen LogP contribution in [0.15, 0.2) is 22.7 Å². The Morgan fingerprint density at radius 3 is 2.80 bits per heavy atom. The molecule has 20 heavy (non-hydrogen) atoms. The van der Waals surface area contributed by atoms with Crippen LogP contribution < -0.4 is 10.1 Å². The molecule has 2 aromatic rings. The van der Waals surface area contributed by atoms with E-state index in [9.17, 15) is 4.39 Å². The van der Waals surface area contributed by atoms with Crippen molar-refractivity contribution in [1.29, 1.82) is 0 Å². The molecule has 0 aliphatic heterocycles. The van der Waals surface area contributed by atoms with E-state index in [-0.39, 0.29) is 18.2 Å². The highest BCUT2D eigenvalue weighted by molar-refractivity contribution is 9.10. The molecule has 0 atom stereocenters. The zero-order chi connectivity index (χ0) is 14.7. The normalized spacial score (nSPS) is 10.8. The number of aryl methyl sites for hydroxylation is 2. The summed E-state index contributed by atoms with van der Waals surface area (Å²) in [7, 11) is 3.65. The van der Waals surface area contributed by atoms with Gasteiger partial charge in [-0.3, -0.25) is 4.68 Å². The summed E-state index contributed by atoms with van der Waals surface area (Å²) in [4.78, 5) is 0.